The lowest BCUT2D eigenvalue weighted by Gasteiger charge is -2.41. The number of carbonyl (C=O) groups is 1. The zero-order valence-electron chi connectivity index (χ0n) is 10.1. The number of aliphatic hydroxyl groups excluding tert-OH is 3. The van der Waals surface area contributed by atoms with Crippen LogP contribution in [0.25, 0.3) is 0 Å². The molecule has 1 fully saturated rings. The number of carbonyl (C=O) groups excluding carboxylic acids is 1. The predicted octanol–water partition coefficient (Wildman–Crippen LogP) is -1.22. The minimum atomic E-state index is -5.00. The molecule has 19 heavy (non-hydrogen) atoms. The van der Waals surface area contributed by atoms with Crippen molar-refractivity contribution in [3.63, 3.8) is 0 Å². The Bertz CT molecular complexity index is 325. The Hall–Kier alpha value is -0.900. The third kappa shape index (κ3) is 3.78. The molecule has 1 aliphatic heterocycles. The lowest BCUT2D eigenvalue weighted by Crippen LogP contribution is -2.58. The summed E-state index contributed by atoms with van der Waals surface area (Å²) in [6.45, 7) is 0.461. The average molecular weight is 287 g/mol. The van der Waals surface area contributed by atoms with E-state index in [0.29, 0.717) is 0 Å². The lowest BCUT2D eigenvalue weighted by atomic mass is 9.87. The summed E-state index contributed by atoms with van der Waals surface area (Å²) in [5.41, 5.74) is 0. The van der Waals surface area contributed by atoms with Gasteiger partial charge < -0.3 is 25.4 Å². The summed E-state index contributed by atoms with van der Waals surface area (Å²) >= 11 is 0. The van der Waals surface area contributed by atoms with Crippen molar-refractivity contribution in [3.05, 3.63) is 0 Å². The minimum absolute atomic E-state index is 0.490. The number of hydrogen-bond acceptors (Lipinski definition) is 5. The van der Waals surface area contributed by atoms with Crippen LogP contribution in [0.2, 0.25) is 0 Å². The zero-order chi connectivity index (χ0) is 14.8. The van der Waals surface area contributed by atoms with Crippen LogP contribution in [0.3, 0.4) is 0 Å². The zero-order valence-corrected chi connectivity index (χ0v) is 10.1. The summed E-state index contributed by atoms with van der Waals surface area (Å²) in [6, 6.07) is 0. The molecule has 1 rings (SSSR count). The number of rotatable bonds is 3. The first-order valence-corrected chi connectivity index (χ1v) is 5.66. The van der Waals surface area contributed by atoms with Crippen molar-refractivity contribution in [2.45, 2.75) is 37.5 Å². The average Bonchev–Trinajstić information content (AvgIpc) is 2.32. The van der Waals surface area contributed by atoms with E-state index in [2.05, 4.69) is 0 Å². The van der Waals surface area contributed by atoms with Crippen LogP contribution in [0, 0.1) is 5.92 Å². The first-order chi connectivity index (χ1) is 8.68. The van der Waals surface area contributed by atoms with Gasteiger partial charge in [-0.2, -0.15) is 13.2 Å². The largest absolute Gasteiger partial charge is 0.471 e. The second kappa shape index (κ2) is 6.04. The van der Waals surface area contributed by atoms with Crippen molar-refractivity contribution < 1.29 is 38.0 Å². The number of alkyl halides is 3. The fraction of sp³-hybridized carbons (Fsp3) is 0.900. The molecule has 1 heterocycles. The van der Waals surface area contributed by atoms with Crippen LogP contribution in [-0.4, -0.2) is 65.0 Å². The van der Waals surface area contributed by atoms with Crippen LogP contribution >= 0.6 is 0 Å². The summed E-state index contributed by atoms with van der Waals surface area (Å²) < 4.78 is 41.2. The Morgan fingerprint density at radius 2 is 1.89 bits per heavy atom. The van der Waals surface area contributed by atoms with Crippen molar-refractivity contribution >= 4 is 5.91 Å². The van der Waals surface area contributed by atoms with Crippen LogP contribution < -0.4 is 5.32 Å². The molecule has 0 aromatic heterocycles. The van der Waals surface area contributed by atoms with E-state index in [-0.39, 0.29) is 0 Å². The molecule has 2 unspecified atom stereocenters. The maximum atomic E-state index is 12.0. The number of hydrogen-bond donors (Lipinski definition) is 4. The highest BCUT2D eigenvalue weighted by atomic mass is 19.4. The molecule has 0 aliphatic carbocycles. The SMILES string of the molecule is CC1O[C@H](CO)[C@H](O)[C@H](O)C1CNC(=O)C(F)(F)F. The van der Waals surface area contributed by atoms with E-state index in [1.165, 1.54) is 6.92 Å². The van der Waals surface area contributed by atoms with E-state index in [4.69, 9.17) is 9.84 Å². The van der Waals surface area contributed by atoms with Crippen LogP contribution in [0.1, 0.15) is 6.92 Å². The van der Waals surface area contributed by atoms with Crippen molar-refractivity contribution in [3.8, 4) is 0 Å². The van der Waals surface area contributed by atoms with Crippen molar-refractivity contribution in [1.82, 2.24) is 5.32 Å². The Kier molecular flexibility index (Phi) is 5.13. The van der Waals surface area contributed by atoms with Gasteiger partial charge in [0, 0.05) is 12.5 Å². The number of halogens is 3. The topological polar surface area (TPSA) is 99.0 Å². The molecule has 0 radical (unpaired) electrons. The van der Waals surface area contributed by atoms with Gasteiger partial charge in [0.1, 0.15) is 12.2 Å². The number of nitrogens with one attached hydrogen (secondary N) is 1. The molecule has 9 heteroatoms. The fourth-order valence-corrected chi connectivity index (χ4v) is 1.96. The molecule has 5 atom stereocenters. The van der Waals surface area contributed by atoms with Gasteiger partial charge in [-0.3, -0.25) is 4.79 Å². The van der Waals surface area contributed by atoms with Crippen LogP contribution in [0.4, 0.5) is 13.2 Å². The molecule has 1 saturated heterocycles. The molecule has 0 bridgehead atoms. The molecule has 112 valence electrons. The third-order valence-electron chi connectivity index (χ3n) is 3.10. The van der Waals surface area contributed by atoms with Gasteiger partial charge in [-0.25, -0.2) is 0 Å². The van der Waals surface area contributed by atoms with Crippen LogP contribution in [0.5, 0.6) is 0 Å². The monoisotopic (exact) mass is 287 g/mol. The van der Waals surface area contributed by atoms with Gasteiger partial charge in [0.05, 0.1) is 18.8 Å². The third-order valence-corrected chi connectivity index (χ3v) is 3.10. The van der Waals surface area contributed by atoms with Crippen molar-refractivity contribution in [1.29, 1.82) is 0 Å². The second-order valence-corrected chi connectivity index (χ2v) is 4.42. The Morgan fingerprint density at radius 3 is 2.37 bits per heavy atom. The van der Waals surface area contributed by atoms with Gasteiger partial charge in [0.2, 0.25) is 0 Å². The fourth-order valence-electron chi connectivity index (χ4n) is 1.96. The normalized spacial score (nSPS) is 36.1. The maximum absolute atomic E-state index is 12.0. The van der Waals surface area contributed by atoms with Gasteiger partial charge in [-0.1, -0.05) is 0 Å². The highest BCUT2D eigenvalue weighted by molar-refractivity contribution is 5.81. The van der Waals surface area contributed by atoms with Crippen molar-refractivity contribution in [2.75, 3.05) is 13.2 Å². The van der Waals surface area contributed by atoms with Gasteiger partial charge in [-0.15, -0.1) is 0 Å². The van der Waals surface area contributed by atoms with Crippen LogP contribution in [-0.2, 0) is 9.53 Å². The van der Waals surface area contributed by atoms with Gasteiger partial charge in [0.25, 0.3) is 0 Å². The van der Waals surface area contributed by atoms with E-state index in [0.717, 1.165) is 0 Å². The molecular formula is C10H16F3NO5. The second-order valence-electron chi connectivity index (χ2n) is 4.42. The molecule has 0 saturated carbocycles. The first kappa shape index (κ1) is 16.2. The highest BCUT2D eigenvalue weighted by Gasteiger charge is 2.44. The number of ether oxygens (including phenoxy) is 1. The molecule has 0 aromatic rings. The molecule has 1 amide bonds. The molecule has 6 nitrogen and oxygen atoms in total. The lowest BCUT2D eigenvalue weighted by molar-refractivity contribution is -0.204. The molecule has 0 spiro atoms. The number of amides is 1. The Morgan fingerprint density at radius 1 is 1.32 bits per heavy atom. The van der Waals surface area contributed by atoms with E-state index >= 15 is 0 Å². The molecular weight excluding hydrogens is 271 g/mol. The maximum Gasteiger partial charge on any atom is 0.471 e. The summed E-state index contributed by atoms with van der Waals surface area (Å²) in [5, 5.41) is 29.9. The van der Waals surface area contributed by atoms with E-state index in [9.17, 15) is 28.2 Å². The predicted molar refractivity (Wildman–Crippen MR) is 56.0 cm³/mol. The Balaban J connectivity index is 2.61. The Labute approximate surface area is 107 Å². The summed E-state index contributed by atoms with van der Waals surface area (Å²) in [4.78, 5) is 10.7. The van der Waals surface area contributed by atoms with E-state index < -0.39 is 55.6 Å². The van der Waals surface area contributed by atoms with Crippen LogP contribution in [0.15, 0.2) is 0 Å². The van der Waals surface area contributed by atoms with Gasteiger partial charge in [-0.05, 0) is 6.92 Å². The molecule has 4 N–H and O–H groups in total. The summed E-state index contributed by atoms with van der Waals surface area (Å²) in [5.74, 6) is -3.02. The summed E-state index contributed by atoms with van der Waals surface area (Å²) in [6.07, 6.45) is -9.54. The quantitative estimate of drug-likeness (QED) is 0.522. The minimum Gasteiger partial charge on any atom is -0.394 e. The number of aliphatic hydroxyl groups is 3. The summed E-state index contributed by atoms with van der Waals surface area (Å²) in [7, 11) is 0. The van der Waals surface area contributed by atoms with Gasteiger partial charge >= 0.3 is 12.1 Å². The standard InChI is InChI=1S/C10H16F3NO5/c1-4-5(2-14-9(18)10(11,12)13)7(16)8(17)6(3-15)19-4/h4-8,15-17H,2-3H2,1H3,(H,14,18)/t4?,5?,6-,7-,8+/m1/s1. The highest BCUT2D eigenvalue weighted by Crippen LogP contribution is 2.26. The molecule has 1 aliphatic rings. The van der Waals surface area contributed by atoms with E-state index in [1.54, 1.807) is 5.32 Å². The molecule has 0 aromatic carbocycles. The van der Waals surface area contributed by atoms with Gasteiger partial charge in [0.15, 0.2) is 0 Å². The van der Waals surface area contributed by atoms with Crippen molar-refractivity contribution in [2.24, 2.45) is 5.92 Å². The first-order valence-electron chi connectivity index (χ1n) is 5.66. The smallest absolute Gasteiger partial charge is 0.394 e. The van der Waals surface area contributed by atoms with E-state index in [1.807, 2.05) is 0 Å².